The van der Waals surface area contributed by atoms with E-state index >= 15 is 0 Å². The van der Waals surface area contributed by atoms with Crippen LogP contribution in [0.1, 0.15) is 35.3 Å². The number of nitrogens with two attached hydrogens (primary N) is 1. The molecule has 1 aromatic heterocycles. The Bertz CT molecular complexity index is 990. The van der Waals surface area contributed by atoms with Crippen molar-refractivity contribution in [1.82, 2.24) is 9.97 Å². The van der Waals surface area contributed by atoms with E-state index in [2.05, 4.69) is 27.1 Å². The highest BCUT2D eigenvalue weighted by Crippen LogP contribution is 2.28. The largest absolute Gasteiger partial charge is 0.466 e. The zero-order valence-electron chi connectivity index (χ0n) is 16.5. The number of aromatic nitrogens is 2. The summed E-state index contributed by atoms with van der Waals surface area (Å²) in [5.41, 5.74) is 4.57. The molecule has 0 saturated heterocycles. The summed E-state index contributed by atoms with van der Waals surface area (Å²) in [4.78, 5) is 20.2. The van der Waals surface area contributed by atoms with Gasteiger partial charge in [-0.05, 0) is 25.0 Å². The second kappa shape index (κ2) is 11.4. The van der Waals surface area contributed by atoms with E-state index in [-0.39, 0.29) is 42.5 Å². The number of ether oxygens (including phenoxy) is 2. The fourth-order valence-electron chi connectivity index (χ4n) is 2.49. The standard InChI is InChI=1S/C20H20F3N5O3/c1-2-3-5-30-17-11-26-16(10-27-17)19(29)28-13-7-14(18(23)15(22)8-13)12(9-21)4-6-31-20(24)25/h7-8,10-12H,4-6,9H2,1H3,(H3,24,25)(H,28,29). The Balaban J connectivity index is 2.14. The maximum atomic E-state index is 14.2. The van der Waals surface area contributed by atoms with Gasteiger partial charge < -0.3 is 20.5 Å². The molecule has 8 nitrogen and oxygen atoms in total. The van der Waals surface area contributed by atoms with Crippen LogP contribution in [0, 0.1) is 28.9 Å². The number of carbonyl (C=O) groups excluding carboxylic acids is 1. The number of halogens is 3. The zero-order chi connectivity index (χ0) is 22.8. The van der Waals surface area contributed by atoms with E-state index in [4.69, 9.17) is 20.6 Å². The van der Waals surface area contributed by atoms with E-state index in [1.807, 2.05) is 0 Å². The molecule has 2 aromatic rings. The summed E-state index contributed by atoms with van der Waals surface area (Å²) >= 11 is 0. The lowest BCUT2D eigenvalue weighted by molar-refractivity contribution is 0.102. The van der Waals surface area contributed by atoms with Gasteiger partial charge in [-0.2, -0.15) is 0 Å². The summed E-state index contributed by atoms with van der Waals surface area (Å²) in [6.07, 6.45) is 2.31. The second-order valence-corrected chi connectivity index (χ2v) is 6.12. The van der Waals surface area contributed by atoms with Crippen LogP contribution in [0.15, 0.2) is 24.5 Å². The normalized spacial score (nSPS) is 11.1. The lowest BCUT2D eigenvalue weighted by Gasteiger charge is -2.16. The Kier molecular flexibility index (Phi) is 8.63. The molecule has 0 bridgehead atoms. The lowest BCUT2D eigenvalue weighted by atomic mass is 9.96. The predicted molar refractivity (Wildman–Crippen MR) is 106 cm³/mol. The van der Waals surface area contributed by atoms with Gasteiger partial charge in [-0.3, -0.25) is 14.6 Å². The summed E-state index contributed by atoms with van der Waals surface area (Å²) in [7, 11) is 0. The van der Waals surface area contributed by atoms with Gasteiger partial charge in [0.15, 0.2) is 18.2 Å². The molecule has 0 aliphatic rings. The molecule has 1 atom stereocenters. The van der Waals surface area contributed by atoms with Gasteiger partial charge in [-0.25, -0.2) is 18.7 Å². The molecule has 4 N–H and O–H groups in total. The summed E-state index contributed by atoms with van der Waals surface area (Å²) in [6, 6.07) is 1.33. The number of amides is 1. The third-order valence-electron chi connectivity index (χ3n) is 3.99. The van der Waals surface area contributed by atoms with Crippen molar-refractivity contribution in [2.75, 3.05) is 25.2 Å². The van der Waals surface area contributed by atoms with E-state index in [0.717, 1.165) is 18.3 Å². The minimum atomic E-state index is -1.26. The van der Waals surface area contributed by atoms with Crippen molar-refractivity contribution in [3.8, 4) is 17.7 Å². The number of benzene rings is 1. The molecular weight excluding hydrogens is 415 g/mol. The Morgan fingerprint density at radius 2 is 2.10 bits per heavy atom. The molecule has 1 aromatic carbocycles. The monoisotopic (exact) mass is 435 g/mol. The van der Waals surface area contributed by atoms with Crippen LogP contribution >= 0.6 is 0 Å². The van der Waals surface area contributed by atoms with Crippen LogP contribution in [0.2, 0.25) is 0 Å². The summed E-state index contributed by atoms with van der Waals surface area (Å²) in [5.74, 6) is 1.19. The van der Waals surface area contributed by atoms with Crippen LogP contribution < -0.4 is 15.8 Å². The third kappa shape index (κ3) is 6.88. The number of alkyl halides is 1. The van der Waals surface area contributed by atoms with Crippen molar-refractivity contribution >= 4 is 17.6 Å². The Hall–Kier alpha value is -3.81. The summed E-state index contributed by atoms with van der Waals surface area (Å²) < 4.78 is 51.6. The van der Waals surface area contributed by atoms with Gasteiger partial charge in [0.1, 0.15) is 5.69 Å². The number of nitrogens with one attached hydrogen (secondary N) is 2. The maximum Gasteiger partial charge on any atom is 0.278 e. The first-order valence-electron chi connectivity index (χ1n) is 9.03. The molecule has 0 fully saturated rings. The number of hydrogen-bond donors (Lipinski definition) is 3. The summed E-state index contributed by atoms with van der Waals surface area (Å²) in [6.45, 7) is 0.600. The molecule has 0 spiro atoms. The molecule has 0 radical (unpaired) electrons. The highest BCUT2D eigenvalue weighted by Gasteiger charge is 2.21. The van der Waals surface area contributed by atoms with E-state index in [1.54, 1.807) is 6.92 Å². The molecule has 1 unspecified atom stereocenters. The van der Waals surface area contributed by atoms with Gasteiger partial charge in [-0.1, -0.05) is 5.92 Å². The van der Waals surface area contributed by atoms with Crippen LogP contribution in [-0.4, -0.2) is 41.8 Å². The molecule has 0 aliphatic carbocycles. The summed E-state index contributed by atoms with van der Waals surface area (Å²) in [5, 5.41) is 9.35. The molecule has 1 heterocycles. The van der Waals surface area contributed by atoms with Crippen molar-refractivity contribution in [2.24, 2.45) is 5.73 Å². The Labute approximate surface area is 176 Å². The van der Waals surface area contributed by atoms with Gasteiger partial charge in [0.2, 0.25) is 5.88 Å². The number of rotatable bonds is 9. The fraction of sp³-hybridized carbons (Fsp3) is 0.300. The topological polar surface area (TPSA) is 123 Å². The quantitative estimate of drug-likeness (QED) is 0.316. The lowest BCUT2D eigenvalue weighted by Crippen LogP contribution is -2.18. The van der Waals surface area contributed by atoms with Gasteiger partial charge >= 0.3 is 0 Å². The van der Waals surface area contributed by atoms with E-state index in [1.165, 1.54) is 6.20 Å². The van der Waals surface area contributed by atoms with Crippen LogP contribution in [0.25, 0.3) is 0 Å². The fourth-order valence-corrected chi connectivity index (χ4v) is 2.49. The maximum absolute atomic E-state index is 14.2. The van der Waals surface area contributed by atoms with Gasteiger partial charge in [-0.15, -0.1) is 5.92 Å². The number of anilines is 1. The molecule has 0 saturated carbocycles. The first-order valence-corrected chi connectivity index (χ1v) is 9.03. The van der Waals surface area contributed by atoms with E-state index < -0.39 is 36.2 Å². The molecule has 0 aliphatic heterocycles. The average Bonchev–Trinajstić information content (AvgIpc) is 2.74. The minimum absolute atomic E-state index is 0.0564. The number of hydrogen-bond acceptors (Lipinski definition) is 6. The van der Waals surface area contributed by atoms with Crippen molar-refractivity contribution in [3.63, 3.8) is 0 Å². The first kappa shape index (κ1) is 23.5. The van der Waals surface area contributed by atoms with Crippen LogP contribution in [0.5, 0.6) is 5.88 Å². The van der Waals surface area contributed by atoms with Crippen molar-refractivity contribution in [2.45, 2.75) is 19.3 Å². The van der Waals surface area contributed by atoms with Crippen LogP contribution in [0.3, 0.4) is 0 Å². The molecule has 11 heteroatoms. The van der Waals surface area contributed by atoms with Gasteiger partial charge in [0, 0.05) is 17.7 Å². The average molecular weight is 435 g/mol. The zero-order valence-corrected chi connectivity index (χ0v) is 16.5. The first-order chi connectivity index (χ1) is 14.8. The molecule has 31 heavy (non-hydrogen) atoms. The third-order valence-corrected chi connectivity index (χ3v) is 3.99. The molecule has 164 valence electrons. The second-order valence-electron chi connectivity index (χ2n) is 6.12. The van der Waals surface area contributed by atoms with Gasteiger partial charge in [0.25, 0.3) is 11.9 Å². The SMILES string of the molecule is CC#CCOc1cnc(C(=O)Nc2cc(F)c(F)c(C(CF)CCOC(=N)N)c2)cn1. The van der Waals surface area contributed by atoms with Crippen LogP contribution in [0.4, 0.5) is 18.9 Å². The Morgan fingerprint density at radius 1 is 1.32 bits per heavy atom. The van der Waals surface area contributed by atoms with Crippen molar-refractivity contribution < 1.29 is 27.4 Å². The Morgan fingerprint density at radius 3 is 2.71 bits per heavy atom. The van der Waals surface area contributed by atoms with Crippen molar-refractivity contribution in [3.05, 3.63) is 47.4 Å². The smallest absolute Gasteiger partial charge is 0.278 e. The molecule has 1 amide bonds. The number of nitrogens with zero attached hydrogens (tertiary/aromatic N) is 2. The number of carbonyl (C=O) groups is 1. The predicted octanol–water partition coefficient (Wildman–Crippen LogP) is 2.76. The van der Waals surface area contributed by atoms with E-state index in [9.17, 15) is 18.0 Å². The molecular formula is C20H20F3N5O3. The van der Waals surface area contributed by atoms with Gasteiger partial charge in [0.05, 0.1) is 25.7 Å². The highest BCUT2D eigenvalue weighted by molar-refractivity contribution is 6.02. The molecule has 2 rings (SSSR count). The van der Waals surface area contributed by atoms with Crippen molar-refractivity contribution in [1.29, 1.82) is 5.41 Å². The number of amidine groups is 1. The van der Waals surface area contributed by atoms with E-state index in [0.29, 0.717) is 0 Å². The minimum Gasteiger partial charge on any atom is -0.466 e. The highest BCUT2D eigenvalue weighted by atomic mass is 19.2. The van der Waals surface area contributed by atoms with Crippen LogP contribution in [-0.2, 0) is 4.74 Å².